The fraction of sp³-hybridized carbons (Fsp3) is 0.462. The molecule has 3 nitrogen and oxygen atoms in total. The van der Waals surface area contributed by atoms with Gasteiger partial charge in [0.2, 0.25) is 0 Å². The predicted octanol–water partition coefficient (Wildman–Crippen LogP) is -0.523. The smallest absolute Gasteiger partial charge is 0.118 e. The number of carbonyl (C=O) groups excluding carboxylic acids is 1. The summed E-state index contributed by atoms with van der Waals surface area (Å²) in [5, 5.41) is 10.6. The minimum absolute atomic E-state index is 0.0765. The van der Waals surface area contributed by atoms with Crippen molar-refractivity contribution in [1.82, 2.24) is 0 Å². The van der Waals surface area contributed by atoms with Gasteiger partial charge in [-0.05, 0) is 0 Å². The zero-order valence-corrected chi connectivity index (χ0v) is 9.90. The normalized spacial score (nSPS) is 12.7. The summed E-state index contributed by atoms with van der Waals surface area (Å²) in [5.41, 5.74) is 1.17. The molecule has 0 aliphatic carbocycles. The molecular weight excluding hydrogens is 202 g/mol. The molecule has 0 saturated heterocycles. The SMILES string of the molecule is CC(C)C[NH+](CC(=O)[O-])Cc1ccccc1. The molecule has 0 spiro atoms. The van der Waals surface area contributed by atoms with Gasteiger partial charge in [-0.3, -0.25) is 0 Å². The molecule has 0 aliphatic heterocycles. The van der Waals surface area contributed by atoms with E-state index in [4.69, 9.17) is 0 Å². The maximum atomic E-state index is 10.6. The van der Waals surface area contributed by atoms with Crippen molar-refractivity contribution < 1.29 is 14.8 Å². The van der Waals surface area contributed by atoms with Crippen molar-refractivity contribution in [1.29, 1.82) is 0 Å². The monoisotopic (exact) mass is 221 g/mol. The zero-order valence-electron chi connectivity index (χ0n) is 9.90. The van der Waals surface area contributed by atoms with E-state index >= 15 is 0 Å². The largest absolute Gasteiger partial charge is 0.544 e. The third kappa shape index (κ3) is 4.94. The molecule has 1 aromatic carbocycles. The maximum absolute atomic E-state index is 10.6. The van der Waals surface area contributed by atoms with Crippen molar-refractivity contribution in [2.45, 2.75) is 20.4 Å². The number of carboxylic acid groups (broad SMARTS) is 1. The molecule has 0 fully saturated rings. The molecule has 0 aromatic heterocycles. The van der Waals surface area contributed by atoms with E-state index < -0.39 is 5.97 Å². The van der Waals surface area contributed by atoms with Crippen molar-refractivity contribution in [2.24, 2.45) is 5.92 Å². The molecule has 0 aliphatic rings. The summed E-state index contributed by atoms with van der Waals surface area (Å²) >= 11 is 0. The van der Waals surface area contributed by atoms with Gasteiger partial charge in [-0.25, -0.2) is 0 Å². The summed E-state index contributed by atoms with van der Waals surface area (Å²) in [5.74, 6) is -0.496. The lowest BCUT2D eigenvalue weighted by molar-refractivity contribution is -0.911. The molecule has 0 heterocycles. The van der Waals surface area contributed by atoms with Gasteiger partial charge in [0.1, 0.15) is 13.1 Å². The first-order valence-corrected chi connectivity index (χ1v) is 5.65. The molecule has 1 rings (SSSR count). The number of rotatable bonds is 6. The molecule has 1 unspecified atom stereocenters. The van der Waals surface area contributed by atoms with Crippen molar-refractivity contribution in [3.05, 3.63) is 35.9 Å². The van der Waals surface area contributed by atoms with Crippen LogP contribution in [-0.2, 0) is 11.3 Å². The molecule has 0 radical (unpaired) electrons. The maximum Gasteiger partial charge on any atom is 0.118 e. The van der Waals surface area contributed by atoms with Crippen LogP contribution in [0.15, 0.2) is 30.3 Å². The van der Waals surface area contributed by atoms with Crippen LogP contribution in [0.1, 0.15) is 19.4 Å². The van der Waals surface area contributed by atoms with E-state index in [2.05, 4.69) is 13.8 Å². The minimum atomic E-state index is -0.980. The molecule has 3 heteroatoms. The third-order valence-electron chi connectivity index (χ3n) is 2.39. The van der Waals surface area contributed by atoms with Crippen LogP contribution >= 0.6 is 0 Å². The zero-order chi connectivity index (χ0) is 12.0. The van der Waals surface area contributed by atoms with Crippen molar-refractivity contribution >= 4 is 5.97 Å². The highest BCUT2D eigenvalue weighted by Crippen LogP contribution is 1.95. The van der Waals surface area contributed by atoms with E-state index in [0.717, 1.165) is 18.0 Å². The van der Waals surface area contributed by atoms with E-state index in [0.29, 0.717) is 5.92 Å². The van der Waals surface area contributed by atoms with Crippen LogP contribution in [0.25, 0.3) is 0 Å². The Morgan fingerprint density at radius 3 is 2.44 bits per heavy atom. The first-order chi connectivity index (χ1) is 7.58. The van der Waals surface area contributed by atoms with Crippen LogP contribution in [0.3, 0.4) is 0 Å². The van der Waals surface area contributed by atoms with Crippen LogP contribution in [-0.4, -0.2) is 19.1 Å². The fourth-order valence-corrected chi connectivity index (χ4v) is 1.87. The highest BCUT2D eigenvalue weighted by atomic mass is 16.4. The Balaban J connectivity index is 2.59. The number of hydrogen-bond donors (Lipinski definition) is 1. The lowest BCUT2D eigenvalue weighted by Crippen LogP contribution is -3.12. The number of carbonyl (C=O) groups is 1. The van der Waals surface area contributed by atoms with Gasteiger partial charge < -0.3 is 14.8 Å². The summed E-state index contributed by atoms with van der Waals surface area (Å²) in [7, 11) is 0. The molecule has 88 valence electrons. The molecule has 1 aromatic rings. The summed E-state index contributed by atoms with van der Waals surface area (Å²) in [4.78, 5) is 11.7. The van der Waals surface area contributed by atoms with E-state index in [9.17, 15) is 9.90 Å². The second-order valence-corrected chi connectivity index (χ2v) is 4.56. The number of quaternary nitrogens is 1. The van der Waals surface area contributed by atoms with Gasteiger partial charge in [0.15, 0.2) is 0 Å². The number of hydrogen-bond acceptors (Lipinski definition) is 2. The van der Waals surface area contributed by atoms with E-state index in [1.54, 1.807) is 0 Å². The highest BCUT2D eigenvalue weighted by molar-refractivity contribution is 5.65. The summed E-state index contributed by atoms with van der Waals surface area (Å²) in [6.45, 7) is 5.86. The lowest BCUT2D eigenvalue weighted by atomic mass is 10.1. The summed E-state index contributed by atoms with van der Waals surface area (Å²) < 4.78 is 0. The van der Waals surface area contributed by atoms with Gasteiger partial charge in [0, 0.05) is 11.5 Å². The highest BCUT2D eigenvalue weighted by Gasteiger charge is 2.11. The first kappa shape index (κ1) is 12.7. The average Bonchev–Trinajstić information content (AvgIpc) is 2.16. The standard InChI is InChI=1S/C13H19NO2/c1-11(2)8-14(10-13(15)16)9-12-6-4-3-5-7-12/h3-7,11H,8-10H2,1-2H3,(H,15,16). The van der Waals surface area contributed by atoms with Crippen molar-refractivity contribution in [3.8, 4) is 0 Å². The van der Waals surface area contributed by atoms with E-state index in [1.807, 2.05) is 30.3 Å². The Labute approximate surface area is 96.7 Å². The summed E-state index contributed by atoms with van der Waals surface area (Å²) in [6.07, 6.45) is 0. The van der Waals surface area contributed by atoms with Gasteiger partial charge >= 0.3 is 0 Å². The quantitative estimate of drug-likeness (QED) is 0.702. The Morgan fingerprint density at radius 2 is 1.94 bits per heavy atom. The third-order valence-corrected chi connectivity index (χ3v) is 2.39. The Hall–Kier alpha value is -1.35. The minimum Gasteiger partial charge on any atom is -0.544 e. The van der Waals surface area contributed by atoms with Gasteiger partial charge in [-0.1, -0.05) is 44.2 Å². The van der Waals surface area contributed by atoms with Crippen LogP contribution in [0.4, 0.5) is 0 Å². The molecule has 0 bridgehead atoms. The second kappa shape index (κ2) is 6.28. The van der Waals surface area contributed by atoms with Gasteiger partial charge in [-0.2, -0.15) is 0 Å². The summed E-state index contributed by atoms with van der Waals surface area (Å²) in [6, 6.07) is 9.96. The number of nitrogens with one attached hydrogen (secondary N) is 1. The van der Waals surface area contributed by atoms with E-state index in [-0.39, 0.29) is 6.54 Å². The number of benzene rings is 1. The van der Waals surface area contributed by atoms with Crippen molar-refractivity contribution in [3.63, 3.8) is 0 Å². The Kier molecular flexibility index (Phi) is 4.99. The lowest BCUT2D eigenvalue weighted by Gasteiger charge is -2.21. The van der Waals surface area contributed by atoms with Crippen LogP contribution < -0.4 is 10.0 Å². The van der Waals surface area contributed by atoms with Crippen LogP contribution in [0.2, 0.25) is 0 Å². The fourth-order valence-electron chi connectivity index (χ4n) is 1.87. The van der Waals surface area contributed by atoms with Crippen LogP contribution in [0, 0.1) is 5.92 Å². The molecular formula is C13H19NO2. The molecule has 1 atom stereocenters. The van der Waals surface area contributed by atoms with Crippen molar-refractivity contribution in [2.75, 3.05) is 13.1 Å². The molecule has 0 saturated carbocycles. The molecule has 0 amide bonds. The number of aliphatic carboxylic acids is 1. The average molecular weight is 221 g/mol. The molecule has 16 heavy (non-hydrogen) atoms. The van der Waals surface area contributed by atoms with Gasteiger partial charge in [-0.15, -0.1) is 0 Å². The van der Waals surface area contributed by atoms with Crippen LogP contribution in [0.5, 0.6) is 0 Å². The Morgan fingerprint density at radius 1 is 1.31 bits per heavy atom. The first-order valence-electron chi connectivity index (χ1n) is 5.65. The predicted molar refractivity (Wildman–Crippen MR) is 60.7 cm³/mol. The topological polar surface area (TPSA) is 44.6 Å². The Bertz CT molecular complexity index is 322. The van der Waals surface area contributed by atoms with E-state index in [1.165, 1.54) is 5.56 Å². The second-order valence-electron chi connectivity index (χ2n) is 4.56. The van der Waals surface area contributed by atoms with Gasteiger partial charge in [0.05, 0.1) is 12.5 Å². The van der Waals surface area contributed by atoms with Gasteiger partial charge in [0.25, 0.3) is 0 Å². The number of carboxylic acids is 1. The molecule has 1 N–H and O–H groups in total.